The molecule has 0 amide bonds. The Hall–Kier alpha value is -3.38. The summed E-state index contributed by atoms with van der Waals surface area (Å²) in [7, 11) is 0. The highest BCUT2D eigenvalue weighted by molar-refractivity contribution is 7.99. The van der Waals surface area contributed by atoms with Gasteiger partial charge in [-0.05, 0) is 36.4 Å². The van der Waals surface area contributed by atoms with Crippen LogP contribution in [0.15, 0.2) is 95.0 Å². The summed E-state index contributed by atoms with van der Waals surface area (Å²) in [5, 5.41) is 3.30. The lowest BCUT2D eigenvalue weighted by Gasteiger charge is -2.09. The molecule has 0 saturated carbocycles. The Morgan fingerprint density at radius 2 is 1.48 bits per heavy atom. The van der Waals surface area contributed by atoms with Crippen molar-refractivity contribution in [1.82, 2.24) is 15.0 Å². The van der Waals surface area contributed by atoms with Gasteiger partial charge < -0.3 is 11.1 Å². The molecule has 0 spiro atoms. The van der Waals surface area contributed by atoms with Crippen molar-refractivity contribution in [2.24, 2.45) is 0 Å². The minimum atomic E-state index is 0.240. The second-order valence-corrected chi connectivity index (χ2v) is 6.94. The first-order valence-corrected chi connectivity index (χ1v) is 9.23. The highest BCUT2D eigenvalue weighted by Gasteiger charge is 2.05. The highest BCUT2D eigenvalue weighted by Crippen LogP contribution is 2.29. The van der Waals surface area contributed by atoms with Crippen LogP contribution in [0.3, 0.4) is 0 Å². The number of nitrogen functional groups attached to an aromatic ring is 1. The Morgan fingerprint density at radius 1 is 0.778 bits per heavy atom. The molecule has 2 aromatic heterocycles. The molecular formula is C21H17N5S. The number of anilines is 3. The van der Waals surface area contributed by atoms with E-state index in [1.54, 1.807) is 24.2 Å². The van der Waals surface area contributed by atoms with E-state index >= 15 is 0 Å². The maximum atomic E-state index is 5.89. The molecule has 0 fully saturated rings. The molecule has 0 atom stereocenters. The van der Waals surface area contributed by atoms with Crippen LogP contribution in [0.25, 0.3) is 11.3 Å². The Morgan fingerprint density at radius 3 is 2.22 bits per heavy atom. The van der Waals surface area contributed by atoms with Crippen molar-refractivity contribution in [1.29, 1.82) is 0 Å². The van der Waals surface area contributed by atoms with Crippen LogP contribution in [0.2, 0.25) is 0 Å². The zero-order valence-corrected chi connectivity index (χ0v) is 15.2. The maximum Gasteiger partial charge on any atom is 0.222 e. The van der Waals surface area contributed by atoms with Gasteiger partial charge in [0.2, 0.25) is 5.95 Å². The first kappa shape index (κ1) is 17.1. The van der Waals surface area contributed by atoms with Crippen LogP contribution in [0.5, 0.6) is 0 Å². The minimum Gasteiger partial charge on any atom is -0.368 e. The number of hydrogen-bond acceptors (Lipinski definition) is 6. The van der Waals surface area contributed by atoms with E-state index in [1.165, 1.54) is 0 Å². The van der Waals surface area contributed by atoms with Gasteiger partial charge in [-0.25, -0.2) is 4.98 Å². The number of rotatable bonds is 5. The standard InChI is InChI=1S/C21H17N5S/c22-21-25-19(15-4-2-1-3-5-15)14-20(26-21)24-16-6-8-17(9-7-16)27-18-10-12-23-13-11-18/h1-14H,(H3,22,24,25,26). The Kier molecular flexibility index (Phi) is 4.98. The van der Waals surface area contributed by atoms with Crippen molar-refractivity contribution in [3.8, 4) is 11.3 Å². The molecule has 4 aromatic rings. The third-order valence-corrected chi connectivity index (χ3v) is 4.84. The molecule has 2 heterocycles. The molecule has 4 rings (SSSR count). The smallest absolute Gasteiger partial charge is 0.222 e. The molecule has 3 N–H and O–H groups in total. The van der Waals surface area contributed by atoms with Gasteiger partial charge in [0.05, 0.1) is 5.69 Å². The third kappa shape index (κ3) is 4.43. The van der Waals surface area contributed by atoms with E-state index in [0.717, 1.165) is 26.7 Å². The Labute approximate surface area is 161 Å². The maximum absolute atomic E-state index is 5.89. The summed E-state index contributed by atoms with van der Waals surface area (Å²) in [4.78, 5) is 15.0. The molecule has 5 nitrogen and oxygen atoms in total. The predicted octanol–water partition coefficient (Wildman–Crippen LogP) is 5.02. The van der Waals surface area contributed by atoms with Gasteiger partial charge in [0, 0.05) is 39.5 Å². The van der Waals surface area contributed by atoms with E-state index in [-0.39, 0.29) is 5.95 Å². The Balaban J connectivity index is 1.51. The third-order valence-electron chi connectivity index (χ3n) is 3.83. The van der Waals surface area contributed by atoms with Gasteiger partial charge in [-0.3, -0.25) is 4.98 Å². The number of nitrogens with two attached hydrogens (primary N) is 1. The second kappa shape index (κ2) is 7.88. The van der Waals surface area contributed by atoms with E-state index < -0.39 is 0 Å². The number of aromatic nitrogens is 3. The summed E-state index contributed by atoms with van der Waals surface area (Å²) in [6, 6.07) is 24.0. The first-order valence-electron chi connectivity index (χ1n) is 8.41. The fraction of sp³-hybridized carbons (Fsp3) is 0. The Bertz CT molecular complexity index is 1020. The minimum absolute atomic E-state index is 0.240. The van der Waals surface area contributed by atoms with Gasteiger partial charge >= 0.3 is 0 Å². The predicted molar refractivity (Wildman–Crippen MR) is 110 cm³/mol. The van der Waals surface area contributed by atoms with Crippen LogP contribution in [-0.2, 0) is 0 Å². The van der Waals surface area contributed by atoms with E-state index in [9.17, 15) is 0 Å². The highest BCUT2D eigenvalue weighted by atomic mass is 32.2. The van der Waals surface area contributed by atoms with Gasteiger partial charge in [-0.15, -0.1) is 0 Å². The molecule has 2 aromatic carbocycles. The molecule has 0 aliphatic carbocycles. The summed E-state index contributed by atoms with van der Waals surface area (Å²) < 4.78 is 0. The van der Waals surface area contributed by atoms with Crippen molar-refractivity contribution < 1.29 is 0 Å². The van der Waals surface area contributed by atoms with Crippen LogP contribution in [0.1, 0.15) is 0 Å². The van der Waals surface area contributed by atoms with Crippen molar-refractivity contribution in [2.45, 2.75) is 9.79 Å². The average Bonchev–Trinajstić information content (AvgIpc) is 2.71. The van der Waals surface area contributed by atoms with Crippen molar-refractivity contribution in [3.05, 3.63) is 85.2 Å². The van der Waals surface area contributed by atoms with E-state index in [4.69, 9.17) is 5.73 Å². The van der Waals surface area contributed by atoms with Crippen molar-refractivity contribution in [2.75, 3.05) is 11.1 Å². The van der Waals surface area contributed by atoms with Crippen LogP contribution in [0, 0.1) is 0 Å². The summed E-state index contributed by atoms with van der Waals surface area (Å²) in [6.07, 6.45) is 3.59. The van der Waals surface area contributed by atoms with Gasteiger partial charge in [0.25, 0.3) is 0 Å². The van der Waals surface area contributed by atoms with E-state index in [1.807, 2.05) is 60.7 Å². The quantitative estimate of drug-likeness (QED) is 0.513. The zero-order valence-electron chi connectivity index (χ0n) is 14.4. The van der Waals surface area contributed by atoms with Crippen LogP contribution in [0.4, 0.5) is 17.5 Å². The van der Waals surface area contributed by atoms with Gasteiger partial charge in [-0.2, -0.15) is 4.98 Å². The number of nitrogens with one attached hydrogen (secondary N) is 1. The SMILES string of the molecule is Nc1nc(Nc2ccc(Sc3ccncc3)cc2)cc(-c2ccccc2)n1. The molecule has 0 bridgehead atoms. The topological polar surface area (TPSA) is 76.7 Å². The lowest BCUT2D eigenvalue weighted by Crippen LogP contribution is -2.01. The van der Waals surface area contributed by atoms with Crippen molar-refractivity contribution in [3.63, 3.8) is 0 Å². The molecule has 0 aliphatic heterocycles. The van der Waals surface area contributed by atoms with Crippen LogP contribution >= 0.6 is 11.8 Å². The van der Waals surface area contributed by atoms with Crippen LogP contribution in [-0.4, -0.2) is 15.0 Å². The normalized spacial score (nSPS) is 10.5. The summed E-state index contributed by atoms with van der Waals surface area (Å²) in [5.41, 5.74) is 8.61. The molecule has 132 valence electrons. The molecule has 0 saturated heterocycles. The molecule has 0 aliphatic rings. The van der Waals surface area contributed by atoms with Gasteiger partial charge in [-0.1, -0.05) is 42.1 Å². The number of hydrogen-bond donors (Lipinski definition) is 2. The fourth-order valence-electron chi connectivity index (χ4n) is 2.58. The van der Waals surface area contributed by atoms with E-state index in [0.29, 0.717) is 5.82 Å². The number of pyridine rings is 1. The zero-order chi connectivity index (χ0) is 18.5. The molecule has 27 heavy (non-hydrogen) atoms. The second-order valence-electron chi connectivity index (χ2n) is 5.80. The summed E-state index contributed by atoms with van der Waals surface area (Å²) in [5.74, 6) is 0.902. The fourth-order valence-corrected chi connectivity index (χ4v) is 3.39. The van der Waals surface area contributed by atoms with Crippen LogP contribution < -0.4 is 11.1 Å². The first-order chi connectivity index (χ1) is 13.3. The molecule has 6 heteroatoms. The summed E-state index contributed by atoms with van der Waals surface area (Å²) in [6.45, 7) is 0. The number of benzene rings is 2. The monoisotopic (exact) mass is 371 g/mol. The average molecular weight is 371 g/mol. The van der Waals surface area contributed by atoms with Gasteiger partial charge in [0.15, 0.2) is 0 Å². The molecule has 0 radical (unpaired) electrons. The van der Waals surface area contributed by atoms with Gasteiger partial charge in [0.1, 0.15) is 5.82 Å². The lowest BCUT2D eigenvalue weighted by atomic mass is 10.1. The van der Waals surface area contributed by atoms with Crippen molar-refractivity contribution >= 4 is 29.2 Å². The van der Waals surface area contributed by atoms with E-state index in [2.05, 4.69) is 32.4 Å². The molecular weight excluding hydrogens is 354 g/mol. The largest absolute Gasteiger partial charge is 0.368 e. The number of nitrogens with zero attached hydrogens (tertiary/aromatic N) is 3. The lowest BCUT2D eigenvalue weighted by molar-refractivity contribution is 1.19. The summed E-state index contributed by atoms with van der Waals surface area (Å²) >= 11 is 1.69. The molecule has 0 unspecified atom stereocenters.